The Labute approximate surface area is 93.7 Å². The first-order valence-corrected chi connectivity index (χ1v) is 4.92. The second kappa shape index (κ2) is 6.09. The highest BCUT2D eigenvalue weighted by atomic mass is 16.5. The molecule has 1 amide bonds. The van der Waals surface area contributed by atoms with Crippen molar-refractivity contribution in [3.8, 4) is 5.75 Å². The largest absolute Gasteiger partial charge is 0.489 e. The van der Waals surface area contributed by atoms with Crippen LogP contribution in [0.1, 0.15) is 6.92 Å². The zero-order chi connectivity index (χ0) is 12.0. The fraction of sp³-hybridized carbons (Fsp3) is 0.364. The molecule has 0 fully saturated rings. The number of benzene rings is 1. The number of nitrogens with one attached hydrogen (secondary N) is 1. The van der Waals surface area contributed by atoms with E-state index in [4.69, 9.17) is 14.9 Å². The molecule has 0 heterocycles. The van der Waals surface area contributed by atoms with Crippen LogP contribution in [0.15, 0.2) is 24.3 Å². The maximum Gasteiger partial charge on any atom is 0.221 e. The number of aliphatic hydroxyl groups is 2. The Hall–Kier alpha value is -1.59. The van der Waals surface area contributed by atoms with Gasteiger partial charge in [-0.2, -0.15) is 0 Å². The Morgan fingerprint density at radius 1 is 1.50 bits per heavy atom. The maximum atomic E-state index is 10.9. The first-order valence-electron chi connectivity index (χ1n) is 4.92. The van der Waals surface area contributed by atoms with Crippen LogP contribution >= 0.6 is 0 Å². The van der Waals surface area contributed by atoms with Crippen molar-refractivity contribution < 1.29 is 19.7 Å². The van der Waals surface area contributed by atoms with Gasteiger partial charge in [-0.1, -0.05) is 12.1 Å². The van der Waals surface area contributed by atoms with Crippen molar-refractivity contribution in [2.45, 2.75) is 13.0 Å². The number of para-hydroxylation sites is 2. The number of aliphatic hydroxyl groups excluding tert-OH is 2. The Morgan fingerprint density at radius 2 is 2.19 bits per heavy atom. The molecule has 0 aliphatic heterocycles. The molecular formula is C11H15NO4. The first kappa shape index (κ1) is 12.5. The van der Waals surface area contributed by atoms with Crippen LogP contribution < -0.4 is 10.1 Å². The molecule has 0 aliphatic rings. The first-order chi connectivity index (χ1) is 7.63. The molecule has 16 heavy (non-hydrogen) atoms. The van der Waals surface area contributed by atoms with Crippen LogP contribution in [0.25, 0.3) is 0 Å². The van der Waals surface area contributed by atoms with Crippen LogP contribution in [0.2, 0.25) is 0 Å². The quantitative estimate of drug-likeness (QED) is 0.676. The Balaban J connectivity index is 2.67. The lowest BCUT2D eigenvalue weighted by Crippen LogP contribution is -2.21. The van der Waals surface area contributed by atoms with Gasteiger partial charge in [0.15, 0.2) is 0 Å². The van der Waals surface area contributed by atoms with E-state index in [2.05, 4.69) is 5.32 Å². The summed E-state index contributed by atoms with van der Waals surface area (Å²) in [5.41, 5.74) is 0.542. The average molecular weight is 225 g/mol. The summed E-state index contributed by atoms with van der Waals surface area (Å²) >= 11 is 0. The van der Waals surface area contributed by atoms with Crippen molar-refractivity contribution in [2.24, 2.45) is 0 Å². The van der Waals surface area contributed by atoms with Gasteiger partial charge in [0.1, 0.15) is 18.5 Å². The van der Waals surface area contributed by atoms with E-state index in [-0.39, 0.29) is 19.1 Å². The van der Waals surface area contributed by atoms with Gasteiger partial charge >= 0.3 is 0 Å². The van der Waals surface area contributed by atoms with E-state index in [9.17, 15) is 4.79 Å². The van der Waals surface area contributed by atoms with E-state index in [0.29, 0.717) is 11.4 Å². The van der Waals surface area contributed by atoms with Crippen LogP contribution in [0.5, 0.6) is 5.75 Å². The topological polar surface area (TPSA) is 78.8 Å². The third-order valence-corrected chi connectivity index (χ3v) is 1.84. The molecule has 1 atom stereocenters. The summed E-state index contributed by atoms with van der Waals surface area (Å²) in [6.07, 6.45) is -0.926. The summed E-state index contributed by atoms with van der Waals surface area (Å²) in [5.74, 6) is 0.268. The van der Waals surface area contributed by atoms with Crippen molar-refractivity contribution in [1.82, 2.24) is 0 Å². The van der Waals surface area contributed by atoms with Crippen molar-refractivity contribution >= 4 is 11.6 Å². The van der Waals surface area contributed by atoms with E-state index in [1.54, 1.807) is 24.3 Å². The molecule has 5 heteroatoms. The monoisotopic (exact) mass is 225 g/mol. The molecule has 0 saturated heterocycles. The Bertz CT molecular complexity index is 354. The van der Waals surface area contributed by atoms with E-state index in [1.807, 2.05) is 0 Å². The molecule has 0 bridgehead atoms. The van der Waals surface area contributed by atoms with Gasteiger partial charge in [-0.05, 0) is 12.1 Å². The molecule has 1 aromatic carbocycles. The molecule has 0 aliphatic carbocycles. The predicted molar refractivity (Wildman–Crippen MR) is 59.3 cm³/mol. The van der Waals surface area contributed by atoms with Crippen molar-refractivity contribution in [1.29, 1.82) is 0 Å². The lowest BCUT2D eigenvalue weighted by Gasteiger charge is -2.13. The predicted octanol–water partition coefficient (Wildman–Crippen LogP) is 0.377. The van der Waals surface area contributed by atoms with Crippen LogP contribution in [-0.2, 0) is 4.79 Å². The zero-order valence-electron chi connectivity index (χ0n) is 9.01. The third-order valence-electron chi connectivity index (χ3n) is 1.84. The molecule has 0 saturated carbocycles. The molecule has 1 unspecified atom stereocenters. The van der Waals surface area contributed by atoms with Gasteiger partial charge in [0.05, 0.1) is 12.3 Å². The summed E-state index contributed by atoms with van der Waals surface area (Å²) < 4.78 is 5.27. The van der Waals surface area contributed by atoms with Gasteiger partial charge < -0.3 is 20.3 Å². The Morgan fingerprint density at radius 3 is 2.81 bits per heavy atom. The summed E-state index contributed by atoms with van der Waals surface area (Å²) in [5, 5.41) is 20.4. The zero-order valence-corrected chi connectivity index (χ0v) is 9.01. The standard InChI is InChI=1S/C11H15NO4/c1-8(14)12-10-4-2-3-5-11(10)16-7-9(15)6-13/h2-5,9,13,15H,6-7H2,1H3,(H,12,14). The molecule has 0 spiro atoms. The number of carbonyl (C=O) groups excluding carboxylic acids is 1. The van der Waals surface area contributed by atoms with Crippen LogP contribution in [0.3, 0.4) is 0 Å². The van der Waals surface area contributed by atoms with Crippen molar-refractivity contribution in [3.05, 3.63) is 24.3 Å². The third kappa shape index (κ3) is 3.88. The Kier molecular flexibility index (Phi) is 4.75. The lowest BCUT2D eigenvalue weighted by atomic mass is 10.3. The fourth-order valence-electron chi connectivity index (χ4n) is 1.12. The van der Waals surface area contributed by atoms with Gasteiger partial charge in [-0.3, -0.25) is 4.79 Å². The van der Waals surface area contributed by atoms with Gasteiger partial charge in [0.25, 0.3) is 0 Å². The summed E-state index contributed by atoms with van der Waals surface area (Å²) in [7, 11) is 0. The number of amides is 1. The number of anilines is 1. The summed E-state index contributed by atoms with van der Waals surface area (Å²) in [4.78, 5) is 10.9. The molecule has 88 valence electrons. The van der Waals surface area contributed by atoms with Crippen molar-refractivity contribution in [3.63, 3.8) is 0 Å². The fourth-order valence-corrected chi connectivity index (χ4v) is 1.12. The van der Waals surface area contributed by atoms with Crippen LogP contribution in [0, 0.1) is 0 Å². The number of ether oxygens (including phenoxy) is 1. The van der Waals surface area contributed by atoms with E-state index in [1.165, 1.54) is 6.92 Å². The van der Waals surface area contributed by atoms with Gasteiger partial charge in [-0.25, -0.2) is 0 Å². The normalized spacial score (nSPS) is 11.9. The molecule has 0 radical (unpaired) electrons. The minimum atomic E-state index is -0.926. The van der Waals surface area contributed by atoms with Crippen molar-refractivity contribution in [2.75, 3.05) is 18.5 Å². The minimum Gasteiger partial charge on any atom is -0.489 e. The lowest BCUT2D eigenvalue weighted by molar-refractivity contribution is -0.114. The van der Waals surface area contributed by atoms with E-state index < -0.39 is 6.10 Å². The summed E-state index contributed by atoms with van der Waals surface area (Å²) in [6, 6.07) is 6.89. The van der Waals surface area contributed by atoms with Crippen LogP contribution in [0.4, 0.5) is 5.69 Å². The van der Waals surface area contributed by atoms with Gasteiger partial charge in [0, 0.05) is 6.92 Å². The maximum absolute atomic E-state index is 10.9. The second-order valence-corrected chi connectivity index (χ2v) is 3.32. The SMILES string of the molecule is CC(=O)Nc1ccccc1OCC(O)CO. The highest BCUT2D eigenvalue weighted by Gasteiger charge is 2.07. The van der Waals surface area contributed by atoms with Crippen LogP contribution in [-0.4, -0.2) is 35.4 Å². The number of hydrogen-bond donors (Lipinski definition) is 3. The minimum absolute atomic E-state index is 0.0207. The number of hydrogen-bond acceptors (Lipinski definition) is 4. The number of carbonyl (C=O) groups is 1. The molecule has 3 N–H and O–H groups in total. The number of rotatable bonds is 5. The smallest absolute Gasteiger partial charge is 0.221 e. The molecule has 5 nitrogen and oxygen atoms in total. The highest BCUT2D eigenvalue weighted by molar-refractivity contribution is 5.90. The second-order valence-electron chi connectivity index (χ2n) is 3.32. The molecule has 0 aromatic heterocycles. The molecule has 1 rings (SSSR count). The molecule has 1 aromatic rings. The van der Waals surface area contributed by atoms with Gasteiger partial charge in [-0.15, -0.1) is 0 Å². The highest BCUT2D eigenvalue weighted by Crippen LogP contribution is 2.23. The van der Waals surface area contributed by atoms with E-state index in [0.717, 1.165) is 0 Å². The average Bonchev–Trinajstić information content (AvgIpc) is 2.26. The molecular weight excluding hydrogens is 210 g/mol. The van der Waals surface area contributed by atoms with E-state index >= 15 is 0 Å². The summed E-state index contributed by atoms with van der Waals surface area (Å²) in [6.45, 7) is 1.02. The van der Waals surface area contributed by atoms with Gasteiger partial charge in [0.2, 0.25) is 5.91 Å².